The molecule has 2 saturated heterocycles. The maximum absolute atomic E-state index is 13.7. The molecule has 12 heteroatoms. The van der Waals surface area contributed by atoms with Gasteiger partial charge in [0.1, 0.15) is 12.2 Å². The average molecular weight is 468 g/mol. The molecule has 5 rings (SSSR count). The van der Waals surface area contributed by atoms with E-state index in [1.807, 2.05) is 0 Å². The quantitative estimate of drug-likeness (QED) is 0.651. The standard InChI is InChI=1S/C20H20BClF3N4O3/c22-17-14-7-12(11-1-2-11)8-15(20(23,24)25)29(14)26-18(17)19(31)27-5-6-28(16(30)9-27)13-3-4-21-32-10-13/h7-8,11,13H,1-6,9-10H2. The number of aromatic nitrogens is 2. The molecule has 32 heavy (non-hydrogen) atoms. The van der Waals surface area contributed by atoms with Gasteiger partial charge in [0.25, 0.3) is 13.4 Å². The van der Waals surface area contributed by atoms with Crippen molar-refractivity contribution in [3.05, 3.63) is 34.1 Å². The van der Waals surface area contributed by atoms with Crippen LogP contribution in [0.3, 0.4) is 0 Å². The number of alkyl halides is 3. The minimum absolute atomic E-state index is 0.0428. The van der Waals surface area contributed by atoms with E-state index in [9.17, 15) is 22.8 Å². The van der Waals surface area contributed by atoms with Gasteiger partial charge in [0.05, 0.1) is 16.6 Å². The van der Waals surface area contributed by atoms with Gasteiger partial charge in [-0.2, -0.15) is 18.3 Å². The Kier molecular flexibility index (Phi) is 5.36. The Balaban J connectivity index is 1.43. The van der Waals surface area contributed by atoms with Crippen LogP contribution in [0.15, 0.2) is 12.1 Å². The lowest BCUT2D eigenvalue weighted by Gasteiger charge is -2.40. The van der Waals surface area contributed by atoms with Gasteiger partial charge in [-0.25, -0.2) is 4.52 Å². The molecule has 4 heterocycles. The monoisotopic (exact) mass is 467 g/mol. The van der Waals surface area contributed by atoms with Gasteiger partial charge in [-0.1, -0.05) is 11.6 Å². The van der Waals surface area contributed by atoms with E-state index in [-0.39, 0.29) is 47.2 Å². The highest BCUT2D eigenvalue weighted by atomic mass is 35.5. The Bertz CT molecular complexity index is 1080. The smallest absolute Gasteiger partial charge is 0.433 e. The lowest BCUT2D eigenvalue weighted by Crippen LogP contribution is -2.57. The number of fused-ring (bicyclic) bond motifs is 1. The van der Waals surface area contributed by atoms with Crippen LogP contribution < -0.4 is 0 Å². The number of carbonyl (C=O) groups is 2. The largest absolute Gasteiger partial charge is 0.438 e. The zero-order valence-electron chi connectivity index (χ0n) is 17.1. The third-order valence-electron chi connectivity index (χ3n) is 6.25. The number of hydrogen-bond acceptors (Lipinski definition) is 4. The third kappa shape index (κ3) is 3.85. The third-order valence-corrected chi connectivity index (χ3v) is 6.62. The van der Waals surface area contributed by atoms with E-state index in [1.165, 1.54) is 4.90 Å². The fourth-order valence-corrected chi connectivity index (χ4v) is 4.63. The number of pyridine rings is 1. The van der Waals surface area contributed by atoms with Crippen molar-refractivity contribution in [2.24, 2.45) is 0 Å². The first-order chi connectivity index (χ1) is 15.2. The number of hydrogen-bond donors (Lipinski definition) is 0. The predicted molar refractivity (Wildman–Crippen MR) is 110 cm³/mol. The molecule has 169 valence electrons. The van der Waals surface area contributed by atoms with Crippen molar-refractivity contribution in [3.8, 4) is 0 Å². The van der Waals surface area contributed by atoms with Crippen LogP contribution in [-0.4, -0.2) is 71.0 Å². The summed E-state index contributed by atoms with van der Waals surface area (Å²) >= 11 is 6.36. The van der Waals surface area contributed by atoms with Crippen LogP contribution in [0.1, 0.15) is 46.9 Å². The molecule has 0 aromatic carbocycles. The van der Waals surface area contributed by atoms with E-state index in [4.69, 9.17) is 16.3 Å². The van der Waals surface area contributed by atoms with Crippen molar-refractivity contribution in [1.29, 1.82) is 0 Å². The Hall–Kier alpha value is -2.27. The highest BCUT2D eigenvalue weighted by Gasteiger charge is 2.39. The number of amides is 2. The Morgan fingerprint density at radius 3 is 2.62 bits per heavy atom. The summed E-state index contributed by atoms with van der Waals surface area (Å²) in [6.45, 7) is 0.807. The van der Waals surface area contributed by atoms with Crippen LogP contribution in [0.5, 0.6) is 0 Å². The maximum Gasteiger partial charge on any atom is 0.433 e. The maximum atomic E-state index is 13.7. The van der Waals surface area contributed by atoms with E-state index in [0.717, 1.165) is 31.6 Å². The Labute approximate surface area is 187 Å². The second-order valence-electron chi connectivity index (χ2n) is 8.45. The minimum Gasteiger partial charge on any atom is -0.438 e. The molecule has 0 N–H and O–H groups in total. The molecule has 3 aliphatic rings. The van der Waals surface area contributed by atoms with Crippen molar-refractivity contribution < 1.29 is 27.4 Å². The van der Waals surface area contributed by atoms with E-state index in [0.29, 0.717) is 23.2 Å². The van der Waals surface area contributed by atoms with Gasteiger partial charge < -0.3 is 14.5 Å². The van der Waals surface area contributed by atoms with Gasteiger partial charge in [-0.15, -0.1) is 0 Å². The fourth-order valence-electron chi connectivity index (χ4n) is 4.38. The SMILES string of the molecule is O=C(c1nn2c(C(F)(F)F)cc(C3CC3)cc2c1Cl)N1CCN(C2CC[B]OC2)C(=O)C1. The van der Waals surface area contributed by atoms with Gasteiger partial charge in [0.15, 0.2) is 5.69 Å². The number of rotatable bonds is 3. The summed E-state index contributed by atoms with van der Waals surface area (Å²) in [5, 5.41) is 3.80. The first kappa shape index (κ1) is 21.6. The molecule has 2 aliphatic heterocycles. The molecular weight excluding hydrogens is 448 g/mol. The molecule has 2 aromatic heterocycles. The number of halogens is 4. The molecule has 0 spiro atoms. The molecule has 1 atom stereocenters. The molecule has 1 saturated carbocycles. The van der Waals surface area contributed by atoms with Gasteiger partial charge in [0.2, 0.25) is 5.91 Å². The lowest BCUT2D eigenvalue weighted by molar-refractivity contribution is -0.142. The normalized spacial score (nSPS) is 22.4. The fraction of sp³-hybridized carbons (Fsp3) is 0.550. The summed E-state index contributed by atoms with van der Waals surface area (Å²) in [4.78, 5) is 28.8. The van der Waals surface area contributed by atoms with Gasteiger partial charge >= 0.3 is 6.18 Å². The highest BCUT2D eigenvalue weighted by molar-refractivity contribution is 6.36. The molecular formula is C20H20BClF3N4O3. The van der Waals surface area contributed by atoms with Crippen LogP contribution >= 0.6 is 11.6 Å². The van der Waals surface area contributed by atoms with Crippen molar-refractivity contribution in [2.75, 3.05) is 26.2 Å². The molecule has 1 radical (unpaired) electrons. The van der Waals surface area contributed by atoms with Crippen molar-refractivity contribution in [1.82, 2.24) is 19.4 Å². The van der Waals surface area contributed by atoms with E-state index < -0.39 is 17.8 Å². The first-order valence-corrected chi connectivity index (χ1v) is 10.9. The van der Waals surface area contributed by atoms with E-state index in [1.54, 1.807) is 18.4 Å². The summed E-state index contributed by atoms with van der Waals surface area (Å²) in [6.07, 6.45) is -1.47. The topological polar surface area (TPSA) is 67.2 Å². The van der Waals surface area contributed by atoms with Crippen LogP contribution in [0, 0.1) is 0 Å². The number of piperazine rings is 1. The Morgan fingerprint density at radius 1 is 1.22 bits per heavy atom. The second-order valence-corrected chi connectivity index (χ2v) is 8.83. The number of nitrogens with zero attached hydrogens (tertiary/aromatic N) is 4. The van der Waals surface area contributed by atoms with Crippen LogP contribution in [0.25, 0.3) is 5.52 Å². The zero-order valence-corrected chi connectivity index (χ0v) is 17.8. The number of carbonyl (C=O) groups excluding carboxylic acids is 2. The molecule has 2 amide bonds. The van der Waals surface area contributed by atoms with Gasteiger partial charge in [-0.05, 0) is 49.2 Å². The molecule has 1 aliphatic carbocycles. The average Bonchev–Trinajstić information content (AvgIpc) is 3.56. The zero-order chi connectivity index (χ0) is 22.6. The van der Waals surface area contributed by atoms with E-state index in [2.05, 4.69) is 5.10 Å². The summed E-state index contributed by atoms with van der Waals surface area (Å²) in [6, 6.07) is 2.61. The minimum atomic E-state index is -4.65. The van der Waals surface area contributed by atoms with Crippen LogP contribution in [0.2, 0.25) is 11.3 Å². The highest BCUT2D eigenvalue weighted by Crippen LogP contribution is 2.43. The lowest BCUT2D eigenvalue weighted by atomic mass is 9.86. The predicted octanol–water partition coefficient (Wildman–Crippen LogP) is 2.99. The molecule has 7 nitrogen and oxygen atoms in total. The second kappa shape index (κ2) is 7.95. The Morgan fingerprint density at radius 2 is 2.00 bits per heavy atom. The molecule has 3 fully saturated rings. The molecule has 2 aromatic rings. The van der Waals surface area contributed by atoms with Crippen LogP contribution in [0.4, 0.5) is 13.2 Å². The van der Waals surface area contributed by atoms with Crippen molar-refractivity contribution in [3.63, 3.8) is 0 Å². The summed E-state index contributed by atoms with van der Waals surface area (Å²) in [7, 11) is 1.72. The summed E-state index contributed by atoms with van der Waals surface area (Å²) < 4.78 is 47.1. The van der Waals surface area contributed by atoms with E-state index >= 15 is 0 Å². The molecule has 1 unspecified atom stereocenters. The van der Waals surface area contributed by atoms with Gasteiger partial charge in [0, 0.05) is 19.7 Å². The molecule has 0 bridgehead atoms. The van der Waals surface area contributed by atoms with Crippen molar-refractivity contribution in [2.45, 2.75) is 43.7 Å². The summed E-state index contributed by atoms with van der Waals surface area (Å²) in [5.41, 5.74) is -0.650. The van der Waals surface area contributed by atoms with Gasteiger partial charge in [-0.3, -0.25) is 9.59 Å². The van der Waals surface area contributed by atoms with Crippen molar-refractivity contribution >= 4 is 36.4 Å². The van der Waals surface area contributed by atoms with Crippen LogP contribution in [-0.2, 0) is 15.6 Å². The first-order valence-electron chi connectivity index (χ1n) is 10.6. The summed E-state index contributed by atoms with van der Waals surface area (Å²) in [5.74, 6) is -0.814.